The summed E-state index contributed by atoms with van der Waals surface area (Å²) in [5.41, 5.74) is 26.9. The van der Waals surface area contributed by atoms with Crippen molar-refractivity contribution in [2.24, 2.45) is 28.9 Å². The van der Waals surface area contributed by atoms with Crippen molar-refractivity contribution in [2.75, 3.05) is 32.8 Å². The third-order valence-electron chi connectivity index (χ3n) is 17.6. The molecule has 574 valence electrons. The molecule has 0 aliphatic heterocycles. The molecule has 10 atom stereocenters. The van der Waals surface area contributed by atoms with E-state index in [1.807, 2.05) is 24.3 Å². The number of nitrogens with one attached hydrogen (secondary N) is 18. The molecule has 4 aromatic carbocycles. The Morgan fingerprint density at radius 3 is 1.05 bits per heavy atom. The van der Waals surface area contributed by atoms with E-state index in [0.29, 0.717) is 44.1 Å². The Hall–Kier alpha value is -12.1. The number of carboxylic acid groups (broad SMARTS) is 1. The lowest BCUT2D eigenvalue weighted by Gasteiger charge is -2.29. The summed E-state index contributed by atoms with van der Waals surface area (Å²) in [7, 11) is 0. The number of aliphatic carboxylic acids is 1. The first kappa shape index (κ1) is 82.2. The molecule has 0 aliphatic carbocycles. The van der Waals surface area contributed by atoms with Gasteiger partial charge in [0.05, 0.1) is 13.2 Å². The number of para-hydroxylation sites is 3. The van der Waals surface area contributed by atoms with Crippen LogP contribution in [-0.2, 0) is 73.6 Å². The van der Waals surface area contributed by atoms with Crippen molar-refractivity contribution in [3.05, 3.63) is 144 Å². The Balaban J connectivity index is 1.14. The predicted octanol–water partition coefficient (Wildman–Crippen LogP) is -2.00. The number of aliphatic hydroxyl groups is 2. The van der Waals surface area contributed by atoms with Crippen LogP contribution >= 0.6 is 0 Å². The van der Waals surface area contributed by atoms with Gasteiger partial charge in [-0.2, -0.15) is 0 Å². The minimum Gasteiger partial charge on any atom is -0.480 e. The predicted molar refractivity (Wildman–Crippen MR) is 400 cm³/mol. The molecule has 107 heavy (non-hydrogen) atoms. The van der Waals surface area contributed by atoms with E-state index in [9.17, 15) is 58.5 Å². The van der Waals surface area contributed by atoms with E-state index in [4.69, 9.17) is 39.2 Å². The molecule has 3 aromatic heterocycles. The number of aromatic amines is 3. The number of guanidine groups is 3. The number of nitrogens with two attached hydrogens (primary N) is 4. The van der Waals surface area contributed by atoms with E-state index in [1.54, 1.807) is 111 Å². The number of fused-ring (bicyclic) bond motifs is 3. The molecule has 35 nitrogen and oxygen atoms in total. The molecule has 9 amide bonds. The zero-order valence-corrected chi connectivity index (χ0v) is 59.4. The van der Waals surface area contributed by atoms with E-state index in [-0.39, 0.29) is 108 Å². The third-order valence-corrected chi connectivity index (χ3v) is 17.6. The molecular weight excluding hydrogens is 1380 g/mol. The smallest absolute Gasteiger partial charge is 0.326 e. The van der Waals surface area contributed by atoms with Gasteiger partial charge in [0, 0.05) is 96.6 Å². The number of rotatable bonds is 43. The molecule has 3 heterocycles. The normalized spacial score (nSPS) is 14.0. The maximum atomic E-state index is 15.1. The van der Waals surface area contributed by atoms with Gasteiger partial charge in [0.2, 0.25) is 53.2 Å². The van der Waals surface area contributed by atoms with Crippen molar-refractivity contribution >= 4 is 110 Å². The number of carboxylic acids is 1. The van der Waals surface area contributed by atoms with Crippen molar-refractivity contribution in [3.63, 3.8) is 0 Å². The number of amides is 9. The lowest BCUT2D eigenvalue weighted by molar-refractivity contribution is -0.142. The molecule has 0 fully saturated rings. The van der Waals surface area contributed by atoms with Gasteiger partial charge >= 0.3 is 5.97 Å². The number of benzene rings is 4. The van der Waals surface area contributed by atoms with Crippen LogP contribution in [0.4, 0.5) is 0 Å². The molecule has 0 saturated carbocycles. The van der Waals surface area contributed by atoms with E-state index in [2.05, 4.69) is 78.8 Å². The summed E-state index contributed by atoms with van der Waals surface area (Å²) in [6.07, 6.45) is 4.09. The molecule has 0 aliphatic rings. The minimum absolute atomic E-state index is 0.00737. The van der Waals surface area contributed by atoms with Gasteiger partial charge in [-0.25, -0.2) is 4.79 Å². The van der Waals surface area contributed by atoms with Crippen LogP contribution in [0, 0.1) is 22.1 Å². The van der Waals surface area contributed by atoms with Crippen molar-refractivity contribution < 1.29 is 63.3 Å². The Morgan fingerprint density at radius 2 is 0.682 bits per heavy atom. The first-order chi connectivity index (χ1) is 51.2. The second-order valence-electron chi connectivity index (χ2n) is 26.3. The summed E-state index contributed by atoms with van der Waals surface area (Å²) in [6, 6.07) is 15.0. The zero-order valence-electron chi connectivity index (χ0n) is 59.4. The van der Waals surface area contributed by atoms with Crippen LogP contribution in [0.2, 0.25) is 0 Å². The van der Waals surface area contributed by atoms with Crippen LogP contribution in [-0.4, -0.2) is 201 Å². The van der Waals surface area contributed by atoms with Gasteiger partial charge in [-0.1, -0.05) is 98.8 Å². The highest BCUT2D eigenvalue weighted by molar-refractivity contribution is 6.00. The number of aliphatic hydroxyl groups excluding tert-OH is 2. The fourth-order valence-electron chi connectivity index (χ4n) is 12.1. The highest BCUT2D eigenvalue weighted by Crippen LogP contribution is 2.23. The minimum atomic E-state index is -1.83. The van der Waals surface area contributed by atoms with E-state index in [1.165, 1.54) is 0 Å². The van der Waals surface area contributed by atoms with Gasteiger partial charge in [-0.15, -0.1) is 0 Å². The second kappa shape index (κ2) is 40.8. The molecule has 29 N–H and O–H groups in total. The van der Waals surface area contributed by atoms with Gasteiger partial charge in [0.1, 0.15) is 60.4 Å². The lowest BCUT2D eigenvalue weighted by atomic mass is 10.00. The van der Waals surface area contributed by atoms with Crippen molar-refractivity contribution in [2.45, 2.75) is 145 Å². The molecule has 35 heteroatoms. The third kappa shape index (κ3) is 25.3. The highest BCUT2D eigenvalue weighted by Gasteiger charge is 2.37. The number of H-pyrrole nitrogens is 3. The Labute approximate surface area is 616 Å². The summed E-state index contributed by atoms with van der Waals surface area (Å²) >= 11 is 0. The van der Waals surface area contributed by atoms with Crippen molar-refractivity contribution in [1.82, 2.24) is 78.8 Å². The van der Waals surface area contributed by atoms with Crippen LogP contribution in [0.5, 0.6) is 0 Å². The number of hydrogen-bond acceptors (Lipinski definition) is 16. The zero-order chi connectivity index (χ0) is 77.7. The summed E-state index contributed by atoms with van der Waals surface area (Å²) in [5, 5.41) is 87.6. The Morgan fingerprint density at radius 1 is 0.383 bits per heavy atom. The monoisotopic (exact) mass is 1480 g/mol. The summed E-state index contributed by atoms with van der Waals surface area (Å²) < 4.78 is 0. The first-order valence-corrected chi connectivity index (χ1v) is 35.1. The summed E-state index contributed by atoms with van der Waals surface area (Å²) in [5.74, 6) is -11.2. The van der Waals surface area contributed by atoms with Gasteiger partial charge in [0.25, 0.3) is 0 Å². The average molecular weight is 1480 g/mol. The van der Waals surface area contributed by atoms with Crippen molar-refractivity contribution in [1.29, 1.82) is 16.2 Å². The van der Waals surface area contributed by atoms with Crippen LogP contribution in [0.1, 0.15) is 81.0 Å². The molecule has 0 bridgehead atoms. The van der Waals surface area contributed by atoms with Crippen LogP contribution in [0.15, 0.2) is 122 Å². The maximum Gasteiger partial charge on any atom is 0.326 e. The van der Waals surface area contributed by atoms with Crippen LogP contribution < -0.4 is 86.7 Å². The van der Waals surface area contributed by atoms with Gasteiger partial charge in [-0.3, -0.25) is 59.4 Å². The number of hydrogen-bond donors (Lipinski definition) is 25. The Kier molecular flexibility index (Phi) is 31.3. The van der Waals surface area contributed by atoms with E-state index < -0.39 is 139 Å². The molecule has 0 spiro atoms. The standard InChI is InChI=1S/C72H98N22O13/c1-39(2)29-54(90-61(98)51(23-12-26-80-70(74)75)87-65(102)57(32-42-35-84-49-21-10-7-18-45(42)49)92-66(103)56(89-60(97)47(73)37-95)31-41-34-83-48-20-9-6-17-44(41)48)63(100)86-52(24-13-27-81-71(76)77)62(99)94-59(38-96)68(105)93-58(33-43-36-85-50-22-11-8-19-46(43)50)67(104)91-55(30-40-15-4-3-5-16-40)64(101)88-53(69(106)107)25-14-28-82-72(78)79/h3-11,15-22,34-36,39,47,51-59,83-85,95-96H,12-14,23-33,37-38,73H2,1-2H3,(H,86,100)(H,87,102)(H,88,101)(H,89,97)(H,90,98)(H,91,104)(H,92,103)(H,93,105)(H,94,99)(H,106,107)(H4,74,75,80)(H4,76,77,81)(H4,78,79,82)/t47-,51-,52-,53-,54-,55-,56-,57-,58-,59-/m0/s1. The van der Waals surface area contributed by atoms with Gasteiger partial charge < -0.3 is 117 Å². The van der Waals surface area contributed by atoms with E-state index in [0.717, 1.165) is 10.9 Å². The largest absolute Gasteiger partial charge is 0.480 e. The van der Waals surface area contributed by atoms with E-state index >= 15 is 4.79 Å². The quantitative estimate of drug-likeness (QED) is 0.0112. The second-order valence-corrected chi connectivity index (χ2v) is 26.3. The number of aromatic nitrogens is 3. The molecule has 7 rings (SSSR count). The molecule has 7 aromatic rings. The molecule has 0 radical (unpaired) electrons. The molecule has 0 saturated heterocycles. The first-order valence-electron chi connectivity index (χ1n) is 35.1. The fraction of sp³-hybridized carbons (Fsp3) is 0.403. The number of carbonyl (C=O) groups excluding carboxylic acids is 9. The summed E-state index contributed by atoms with van der Waals surface area (Å²) in [6.45, 7) is 1.87. The molecular formula is C72H98N22O13. The lowest BCUT2D eigenvalue weighted by Crippen LogP contribution is -2.61. The van der Waals surface area contributed by atoms with Gasteiger partial charge in [0.15, 0.2) is 17.9 Å². The van der Waals surface area contributed by atoms with Crippen LogP contribution in [0.3, 0.4) is 0 Å². The van der Waals surface area contributed by atoms with Crippen molar-refractivity contribution in [3.8, 4) is 0 Å². The average Bonchev–Trinajstić information content (AvgIpc) is 1.72. The fourth-order valence-corrected chi connectivity index (χ4v) is 12.1. The SMILES string of the molecule is CC(C)C[C@H](NC(=O)[C@H](CCCNC(=N)N)NC(=O)[C@H](Cc1c[nH]c2ccccc12)NC(=O)[C@H](Cc1c[nH]c2ccccc12)NC(=O)[C@@H](N)CO)C(=O)N[C@@H](CCCNC(=N)N)C(=O)N[C@@H](CO)C(=O)N[C@@H](Cc1c[nH]c2ccccc12)C(=O)N[C@@H](Cc1ccccc1)C(=O)N[C@@H](CCCNC(=N)N)C(=O)O. The molecule has 0 unspecified atom stereocenters. The summed E-state index contributed by atoms with van der Waals surface area (Å²) in [4.78, 5) is 153. The van der Waals surface area contributed by atoms with Crippen LogP contribution in [0.25, 0.3) is 32.7 Å². The Bertz CT molecular complexity index is 4240. The highest BCUT2D eigenvalue weighted by atomic mass is 16.4. The number of carbonyl (C=O) groups is 10. The maximum absolute atomic E-state index is 15.1. The topological polar surface area (TPSA) is 599 Å². The van der Waals surface area contributed by atoms with Gasteiger partial charge in [-0.05, 0) is 91.3 Å².